The van der Waals surface area contributed by atoms with E-state index < -0.39 is 0 Å². The van der Waals surface area contributed by atoms with Crippen LogP contribution in [0.2, 0.25) is 0 Å². The quantitative estimate of drug-likeness (QED) is 0.739. The maximum atomic E-state index is 3.50. The molecular weight excluding hydrogens is 194 g/mol. The van der Waals surface area contributed by atoms with Crippen LogP contribution in [0.4, 0.5) is 0 Å². The number of hydrogen-bond donors (Lipinski definition) is 1. The number of rotatable bonds is 5. The zero-order valence-electron chi connectivity index (χ0n) is 9.82. The predicted molar refractivity (Wildman–Crippen MR) is 70.3 cm³/mol. The first kappa shape index (κ1) is 11.2. The molecule has 1 heteroatoms. The fourth-order valence-electron chi connectivity index (χ4n) is 1.54. The highest BCUT2D eigenvalue weighted by atomic mass is 14.9. The Morgan fingerprint density at radius 1 is 1.31 bits per heavy atom. The zero-order valence-corrected chi connectivity index (χ0v) is 9.82. The molecule has 0 atom stereocenters. The van der Waals surface area contributed by atoms with Gasteiger partial charge in [0.25, 0.3) is 0 Å². The van der Waals surface area contributed by atoms with Crippen molar-refractivity contribution in [2.45, 2.75) is 25.8 Å². The molecule has 0 radical (unpaired) electrons. The Hall–Kier alpha value is -1.34. The lowest BCUT2D eigenvalue weighted by Crippen LogP contribution is -2.18. The minimum absolute atomic E-state index is 0.793. The molecule has 1 nitrogen and oxygen atoms in total. The van der Waals surface area contributed by atoms with E-state index in [-0.39, 0.29) is 0 Å². The van der Waals surface area contributed by atoms with Crippen molar-refractivity contribution < 1.29 is 0 Å². The Bertz CT molecular complexity index is 372. The van der Waals surface area contributed by atoms with Gasteiger partial charge in [-0.2, -0.15) is 0 Å². The number of allylic oxidation sites excluding steroid dienone is 2. The van der Waals surface area contributed by atoms with Crippen molar-refractivity contribution >= 4 is 6.08 Å². The van der Waals surface area contributed by atoms with Gasteiger partial charge in [0.15, 0.2) is 0 Å². The number of hydrogen-bond acceptors (Lipinski definition) is 1. The van der Waals surface area contributed by atoms with Crippen LogP contribution in [0.3, 0.4) is 0 Å². The van der Waals surface area contributed by atoms with E-state index in [0.717, 1.165) is 12.6 Å². The van der Waals surface area contributed by atoms with Gasteiger partial charge in [0.05, 0.1) is 0 Å². The summed E-state index contributed by atoms with van der Waals surface area (Å²) in [6, 6.07) is 11.2. The van der Waals surface area contributed by atoms with Crippen LogP contribution in [0, 0.1) is 0 Å². The van der Waals surface area contributed by atoms with Gasteiger partial charge >= 0.3 is 0 Å². The van der Waals surface area contributed by atoms with Crippen LogP contribution in [0.25, 0.3) is 6.08 Å². The molecule has 1 aromatic carbocycles. The van der Waals surface area contributed by atoms with E-state index in [4.69, 9.17) is 0 Å². The topological polar surface area (TPSA) is 12.0 Å². The van der Waals surface area contributed by atoms with E-state index in [1.165, 1.54) is 24.0 Å². The molecule has 1 saturated carbocycles. The summed E-state index contributed by atoms with van der Waals surface area (Å²) in [5, 5.41) is 3.50. The van der Waals surface area contributed by atoms with Gasteiger partial charge in [-0.15, -0.1) is 0 Å². The average molecular weight is 213 g/mol. The molecule has 0 aliphatic heterocycles. The predicted octanol–water partition coefficient (Wildman–Crippen LogP) is 3.40. The molecule has 1 aromatic rings. The van der Waals surface area contributed by atoms with Gasteiger partial charge in [0.1, 0.15) is 0 Å². The first-order valence-electron chi connectivity index (χ1n) is 5.97. The van der Waals surface area contributed by atoms with Crippen LogP contribution in [0.1, 0.15) is 25.3 Å². The van der Waals surface area contributed by atoms with Gasteiger partial charge in [0, 0.05) is 12.6 Å². The normalized spacial score (nSPS) is 16.9. The smallest absolute Gasteiger partial charge is 0.0167 e. The molecular formula is C15H19N. The Morgan fingerprint density at radius 3 is 2.75 bits per heavy atom. The lowest BCUT2D eigenvalue weighted by atomic mass is 10.2. The molecule has 1 aliphatic rings. The zero-order chi connectivity index (χ0) is 11.2. The third kappa shape index (κ3) is 4.03. The molecule has 0 unspecified atom stereocenters. The largest absolute Gasteiger partial charge is 0.310 e. The highest BCUT2D eigenvalue weighted by Crippen LogP contribution is 2.18. The summed E-state index contributed by atoms with van der Waals surface area (Å²) in [6.45, 7) is 3.19. The summed E-state index contributed by atoms with van der Waals surface area (Å²) in [4.78, 5) is 0. The first-order chi connectivity index (χ1) is 7.84. The molecule has 1 aliphatic carbocycles. The lowest BCUT2D eigenvalue weighted by molar-refractivity contribution is 0.733. The maximum absolute atomic E-state index is 3.50. The Balaban J connectivity index is 1.79. The highest BCUT2D eigenvalue weighted by Gasteiger charge is 2.19. The van der Waals surface area contributed by atoms with Crippen LogP contribution in [-0.4, -0.2) is 12.6 Å². The van der Waals surface area contributed by atoms with Crippen LogP contribution in [-0.2, 0) is 0 Å². The van der Waals surface area contributed by atoms with Crippen molar-refractivity contribution in [3.63, 3.8) is 0 Å². The maximum Gasteiger partial charge on any atom is 0.0167 e. The second kappa shape index (κ2) is 5.66. The molecule has 0 heterocycles. The first-order valence-corrected chi connectivity index (χ1v) is 5.97. The summed E-state index contributed by atoms with van der Waals surface area (Å²) >= 11 is 0. The van der Waals surface area contributed by atoms with E-state index in [1.54, 1.807) is 0 Å². The van der Waals surface area contributed by atoms with Crippen LogP contribution in [0.5, 0.6) is 0 Å². The van der Waals surface area contributed by atoms with Crippen molar-refractivity contribution in [1.29, 1.82) is 0 Å². The van der Waals surface area contributed by atoms with Crippen molar-refractivity contribution in [3.8, 4) is 0 Å². The van der Waals surface area contributed by atoms with Crippen molar-refractivity contribution in [1.82, 2.24) is 5.32 Å². The molecule has 16 heavy (non-hydrogen) atoms. The van der Waals surface area contributed by atoms with Gasteiger partial charge in [0.2, 0.25) is 0 Å². The second-order valence-electron chi connectivity index (χ2n) is 4.44. The molecule has 0 saturated heterocycles. The molecule has 0 spiro atoms. The van der Waals surface area contributed by atoms with Crippen molar-refractivity contribution in [3.05, 3.63) is 53.6 Å². The molecule has 84 valence electrons. The average Bonchev–Trinajstić information content (AvgIpc) is 3.12. The van der Waals surface area contributed by atoms with Gasteiger partial charge < -0.3 is 5.32 Å². The lowest BCUT2D eigenvalue weighted by Gasteiger charge is -2.00. The van der Waals surface area contributed by atoms with E-state index in [0.29, 0.717) is 0 Å². The van der Waals surface area contributed by atoms with Crippen LogP contribution in [0.15, 0.2) is 48.1 Å². The second-order valence-corrected chi connectivity index (χ2v) is 4.44. The molecule has 0 bridgehead atoms. The van der Waals surface area contributed by atoms with Gasteiger partial charge in [-0.05, 0) is 25.3 Å². The Kier molecular flexibility index (Phi) is 3.95. The standard InChI is InChI=1S/C15H19N/c1-13(12-16-15-10-11-15)6-5-9-14-7-3-2-4-8-14/h2-9,15-16H,10-12H2,1H3. The third-order valence-electron chi connectivity index (χ3n) is 2.72. The van der Waals surface area contributed by atoms with E-state index in [2.05, 4.69) is 54.7 Å². The van der Waals surface area contributed by atoms with Crippen LogP contribution < -0.4 is 5.32 Å². The van der Waals surface area contributed by atoms with Gasteiger partial charge in [-0.3, -0.25) is 0 Å². The fraction of sp³-hybridized carbons (Fsp3) is 0.333. The van der Waals surface area contributed by atoms with Crippen molar-refractivity contribution in [2.24, 2.45) is 0 Å². The molecule has 0 amide bonds. The summed E-state index contributed by atoms with van der Waals surface area (Å²) in [7, 11) is 0. The van der Waals surface area contributed by atoms with Crippen LogP contribution >= 0.6 is 0 Å². The summed E-state index contributed by atoms with van der Waals surface area (Å²) in [5.74, 6) is 0. The Labute approximate surface area is 97.9 Å². The Morgan fingerprint density at radius 2 is 2.06 bits per heavy atom. The molecule has 1 N–H and O–H groups in total. The third-order valence-corrected chi connectivity index (χ3v) is 2.72. The number of nitrogens with one attached hydrogen (secondary N) is 1. The fourth-order valence-corrected chi connectivity index (χ4v) is 1.54. The summed E-state index contributed by atoms with van der Waals surface area (Å²) < 4.78 is 0. The number of benzene rings is 1. The monoisotopic (exact) mass is 213 g/mol. The van der Waals surface area contributed by atoms with Gasteiger partial charge in [-0.25, -0.2) is 0 Å². The highest BCUT2D eigenvalue weighted by molar-refractivity contribution is 5.50. The summed E-state index contributed by atoms with van der Waals surface area (Å²) in [6.07, 6.45) is 9.16. The van der Waals surface area contributed by atoms with E-state index >= 15 is 0 Å². The van der Waals surface area contributed by atoms with Crippen molar-refractivity contribution in [2.75, 3.05) is 6.54 Å². The van der Waals surface area contributed by atoms with Gasteiger partial charge in [-0.1, -0.05) is 54.1 Å². The minimum atomic E-state index is 0.793. The molecule has 0 aromatic heterocycles. The summed E-state index contributed by atoms with van der Waals surface area (Å²) in [5.41, 5.74) is 2.64. The van der Waals surface area contributed by atoms with E-state index in [9.17, 15) is 0 Å². The molecule has 1 fully saturated rings. The minimum Gasteiger partial charge on any atom is -0.310 e. The van der Waals surface area contributed by atoms with E-state index in [1.807, 2.05) is 6.07 Å². The SMILES string of the molecule is CC(=CC=Cc1ccccc1)CNC1CC1. The molecule has 2 rings (SSSR count).